The molecule has 0 aliphatic carbocycles. The molecule has 0 radical (unpaired) electrons. The molecule has 0 unspecified atom stereocenters. The molecule has 3 aromatic rings. The number of para-hydroxylation sites is 1. The number of rotatable bonds is 4. The second-order valence-electron chi connectivity index (χ2n) is 5.17. The van der Waals surface area contributed by atoms with Crippen molar-refractivity contribution in [1.82, 2.24) is 4.98 Å². The number of hydrogen-bond acceptors (Lipinski definition) is 3. The number of anilines is 1. The van der Waals surface area contributed by atoms with Crippen molar-refractivity contribution in [3.05, 3.63) is 60.7 Å². The van der Waals surface area contributed by atoms with Crippen LogP contribution in [0.3, 0.4) is 0 Å². The van der Waals surface area contributed by atoms with Crippen LogP contribution in [0.4, 0.5) is 5.69 Å². The van der Waals surface area contributed by atoms with Crippen LogP contribution in [0, 0.1) is 0 Å². The average molecular weight is 278 g/mol. The highest BCUT2D eigenvalue weighted by Gasteiger charge is 2.07. The first-order valence-corrected chi connectivity index (χ1v) is 7.11. The van der Waals surface area contributed by atoms with Gasteiger partial charge in [-0.25, -0.2) is 4.98 Å². The van der Waals surface area contributed by atoms with Gasteiger partial charge in [0.2, 0.25) is 0 Å². The van der Waals surface area contributed by atoms with Gasteiger partial charge in [-0.3, -0.25) is 0 Å². The molecule has 2 aromatic carbocycles. The molecule has 3 nitrogen and oxygen atoms in total. The van der Waals surface area contributed by atoms with Crippen LogP contribution in [0.25, 0.3) is 22.2 Å². The molecule has 0 saturated carbocycles. The number of nitrogens with zero attached hydrogens (tertiary/aromatic N) is 1. The van der Waals surface area contributed by atoms with Crippen LogP contribution in [-0.4, -0.2) is 22.7 Å². The van der Waals surface area contributed by atoms with Gasteiger partial charge in [-0.05, 0) is 19.1 Å². The molecule has 1 aromatic heterocycles. The van der Waals surface area contributed by atoms with Crippen molar-refractivity contribution in [2.45, 2.75) is 13.0 Å². The van der Waals surface area contributed by atoms with Gasteiger partial charge in [-0.1, -0.05) is 48.5 Å². The normalized spacial score (nSPS) is 12.3. The molecule has 0 amide bonds. The Morgan fingerprint density at radius 3 is 2.52 bits per heavy atom. The SMILES string of the molecule is C[C@@H](O)CNc1cc(-c2ccccc2)nc2ccccc12. The molecule has 21 heavy (non-hydrogen) atoms. The van der Waals surface area contributed by atoms with E-state index < -0.39 is 6.10 Å². The summed E-state index contributed by atoms with van der Waals surface area (Å²) in [6.45, 7) is 2.29. The summed E-state index contributed by atoms with van der Waals surface area (Å²) in [7, 11) is 0. The van der Waals surface area contributed by atoms with Crippen molar-refractivity contribution in [2.24, 2.45) is 0 Å². The van der Waals surface area contributed by atoms with Gasteiger partial charge >= 0.3 is 0 Å². The van der Waals surface area contributed by atoms with Crippen LogP contribution in [0.15, 0.2) is 60.7 Å². The summed E-state index contributed by atoms with van der Waals surface area (Å²) in [5, 5.41) is 13.9. The Balaban J connectivity index is 2.10. The van der Waals surface area contributed by atoms with Crippen LogP contribution in [0.2, 0.25) is 0 Å². The monoisotopic (exact) mass is 278 g/mol. The van der Waals surface area contributed by atoms with Gasteiger partial charge in [0.1, 0.15) is 0 Å². The highest BCUT2D eigenvalue weighted by molar-refractivity contribution is 5.93. The highest BCUT2D eigenvalue weighted by Crippen LogP contribution is 2.28. The van der Waals surface area contributed by atoms with E-state index in [1.807, 2.05) is 48.5 Å². The summed E-state index contributed by atoms with van der Waals surface area (Å²) in [6.07, 6.45) is -0.392. The Kier molecular flexibility index (Phi) is 3.84. The second-order valence-corrected chi connectivity index (χ2v) is 5.17. The lowest BCUT2D eigenvalue weighted by Crippen LogP contribution is -2.15. The number of aromatic nitrogens is 1. The molecule has 2 N–H and O–H groups in total. The van der Waals surface area contributed by atoms with E-state index in [0.717, 1.165) is 27.8 Å². The number of benzene rings is 2. The van der Waals surface area contributed by atoms with Crippen molar-refractivity contribution < 1.29 is 5.11 Å². The van der Waals surface area contributed by atoms with E-state index in [1.54, 1.807) is 6.92 Å². The van der Waals surface area contributed by atoms with E-state index >= 15 is 0 Å². The van der Waals surface area contributed by atoms with E-state index in [4.69, 9.17) is 4.98 Å². The minimum Gasteiger partial charge on any atom is -0.392 e. The van der Waals surface area contributed by atoms with Gasteiger partial charge in [0.15, 0.2) is 0 Å². The Labute approximate surface area is 124 Å². The van der Waals surface area contributed by atoms with E-state index in [2.05, 4.69) is 17.4 Å². The number of hydrogen-bond donors (Lipinski definition) is 2. The van der Waals surface area contributed by atoms with Gasteiger partial charge in [0.25, 0.3) is 0 Å². The van der Waals surface area contributed by atoms with Gasteiger partial charge in [-0.15, -0.1) is 0 Å². The summed E-state index contributed by atoms with van der Waals surface area (Å²) in [4.78, 5) is 4.73. The third-order valence-electron chi connectivity index (χ3n) is 3.37. The highest BCUT2D eigenvalue weighted by atomic mass is 16.3. The largest absolute Gasteiger partial charge is 0.392 e. The maximum atomic E-state index is 9.49. The van der Waals surface area contributed by atoms with Crippen molar-refractivity contribution in [1.29, 1.82) is 0 Å². The van der Waals surface area contributed by atoms with Crippen molar-refractivity contribution in [3.8, 4) is 11.3 Å². The summed E-state index contributed by atoms with van der Waals surface area (Å²) in [6, 6.07) is 20.2. The van der Waals surface area contributed by atoms with E-state index in [1.165, 1.54) is 0 Å². The first-order valence-electron chi connectivity index (χ1n) is 7.11. The number of fused-ring (bicyclic) bond motifs is 1. The summed E-state index contributed by atoms with van der Waals surface area (Å²) < 4.78 is 0. The zero-order valence-corrected chi connectivity index (χ0v) is 12.0. The first-order chi connectivity index (χ1) is 10.2. The summed E-state index contributed by atoms with van der Waals surface area (Å²) in [5.74, 6) is 0. The third kappa shape index (κ3) is 3.03. The number of aliphatic hydroxyl groups excluding tert-OH is 1. The minimum absolute atomic E-state index is 0.392. The smallest absolute Gasteiger partial charge is 0.0730 e. The first kappa shape index (κ1) is 13.6. The Bertz CT molecular complexity index is 739. The zero-order valence-electron chi connectivity index (χ0n) is 12.0. The fourth-order valence-corrected chi connectivity index (χ4v) is 2.34. The van der Waals surface area contributed by atoms with Gasteiger partial charge in [-0.2, -0.15) is 0 Å². The van der Waals surface area contributed by atoms with Crippen LogP contribution >= 0.6 is 0 Å². The van der Waals surface area contributed by atoms with Crippen LogP contribution in [0.5, 0.6) is 0 Å². The molecular formula is C18H18N2O. The van der Waals surface area contributed by atoms with E-state index in [9.17, 15) is 5.11 Å². The van der Waals surface area contributed by atoms with Crippen molar-refractivity contribution >= 4 is 16.6 Å². The van der Waals surface area contributed by atoms with Gasteiger partial charge in [0.05, 0.1) is 17.3 Å². The van der Waals surface area contributed by atoms with Gasteiger partial charge < -0.3 is 10.4 Å². The molecule has 3 heteroatoms. The van der Waals surface area contributed by atoms with E-state index in [-0.39, 0.29) is 0 Å². The van der Waals surface area contributed by atoms with Crippen molar-refractivity contribution in [3.63, 3.8) is 0 Å². The van der Waals surface area contributed by atoms with Crippen LogP contribution in [-0.2, 0) is 0 Å². The number of nitrogens with one attached hydrogen (secondary N) is 1. The van der Waals surface area contributed by atoms with Crippen LogP contribution < -0.4 is 5.32 Å². The molecule has 0 aliphatic heterocycles. The molecular weight excluding hydrogens is 260 g/mol. The maximum Gasteiger partial charge on any atom is 0.0730 e. The number of aliphatic hydroxyl groups is 1. The Morgan fingerprint density at radius 2 is 1.76 bits per heavy atom. The molecule has 3 rings (SSSR count). The lowest BCUT2D eigenvalue weighted by Gasteiger charge is -2.13. The molecule has 0 aliphatic rings. The quantitative estimate of drug-likeness (QED) is 0.765. The standard InChI is InChI=1S/C18H18N2O/c1-13(21)12-19-18-11-17(14-7-3-2-4-8-14)20-16-10-6-5-9-15(16)18/h2-11,13,21H,12H2,1H3,(H,19,20)/t13-/m1/s1. The molecule has 0 fully saturated rings. The summed E-state index contributed by atoms with van der Waals surface area (Å²) in [5.41, 5.74) is 3.97. The zero-order chi connectivity index (χ0) is 14.7. The molecule has 106 valence electrons. The lowest BCUT2D eigenvalue weighted by atomic mass is 10.1. The van der Waals surface area contributed by atoms with E-state index in [0.29, 0.717) is 6.54 Å². The summed E-state index contributed by atoms with van der Waals surface area (Å²) >= 11 is 0. The fraction of sp³-hybridized carbons (Fsp3) is 0.167. The van der Waals surface area contributed by atoms with Gasteiger partial charge in [0, 0.05) is 23.2 Å². The third-order valence-corrected chi connectivity index (χ3v) is 3.37. The number of pyridine rings is 1. The molecule has 1 heterocycles. The topological polar surface area (TPSA) is 45.1 Å². The van der Waals surface area contributed by atoms with Crippen molar-refractivity contribution in [2.75, 3.05) is 11.9 Å². The minimum atomic E-state index is -0.392. The average Bonchev–Trinajstić information content (AvgIpc) is 2.53. The molecule has 0 spiro atoms. The maximum absolute atomic E-state index is 9.49. The predicted molar refractivity (Wildman–Crippen MR) is 87.3 cm³/mol. The molecule has 0 saturated heterocycles. The Morgan fingerprint density at radius 1 is 1.05 bits per heavy atom. The fourth-order valence-electron chi connectivity index (χ4n) is 2.34. The predicted octanol–water partition coefficient (Wildman–Crippen LogP) is 3.69. The molecule has 1 atom stereocenters. The Hall–Kier alpha value is -2.39. The second kappa shape index (κ2) is 5.94. The molecule has 0 bridgehead atoms. The van der Waals surface area contributed by atoms with Crippen LogP contribution in [0.1, 0.15) is 6.92 Å². The lowest BCUT2D eigenvalue weighted by molar-refractivity contribution is 0.208.